The molecule has 2 bridgehead atoms. The molecule has 0 radical (unpaired) electrons. The van der Waals surface area contributed by atoms with E-state index < -0.39 is 27.3 Å². The molecule has 1 saturated carbocycles. The number of amides is 1. The van der Waals surface area contributed by atoms with Crippen LogP contribution in [-0.2, 0) is 28.3 Å². The molecule has 0 unspecified atom stereocenters. The van der Waals surface area contributed by atoms with Gasteiger partial charge in [0.05, 0.1) is 23.6 Å². The fourth-order valence-corrected chi connectivity index (χ4v) is 10.1. The van der Waals surface area contributed by atoms with Gasteiger partial charge in [-0.25, -0.2) is 13.1 Å². The predicted molar refractivity (Wildman–Crippen MR) is 186 cm³/mol. The maximum Gasteiger partial charge on any atom is 0.264 e. The quantitative estimate of drug-likeness (QED) is 0.303. The molecule has 1 spiro atoms. The first-order valence-electron chi connectivity index (χ1n) is 16.9. The number of sulfonamides is 1. The molecule has 7 rings (SSSR count). The van der Waals surface area contributed by atoms with E-state index >= 15 is 0 Å². The highest BCUT2D eigenvalue weighted by Gasteiger charge is 2.44. The summed E-state index contributed by atoms with van der Waals surface area (Å²) in [5, 5.41) is 11.2. The first-order valence-corrected chi connectivity index (χ1v) is 18.8. The van der Waals surface area contributed by atoms with Gasteiger partial charge in [-0.3, -0.25) is 4.79 Å². The van der Waals surface area contributed by atoms with Crippen molar-refractivity contribution in [3.05, 3.63) is 106 Å². The molecule has 4 aliphatic rings. The van der Waals surface area contributed by atoms with Crippen molar-refractivity contribution in [2.45, 2.75) is 68.6 Å². The molecular formula is C38H43ClN2O5S. The zero-order chi connectivity index (χ0) is 32.8. The normalized spacial score (nSPS) is 30.9. The number of anilines is 1. The van der Waals surface area contributed by atoms with Gasteiger partial charge in [0.15, 0.2) is 0 Å². The lowest BCUT2D eigenvalue weighted by Crippen LogP contribution is -2.49. The smallest absolute Gasteiger partial charge is 0.264 e. The summed E-state index contributed by atoms with van der Waals surface area (Å²) in [6, 6.07) is 20.9. The van der Waals surface area contributed by atoms with Crippen molar-refractivity contribution in [1.29, 1.82) is 0 Å². The van der Waals surface area contributed by atoms with E-state index in [0.717, 1.165) is 48.4 Å². The number of fused-ring (bicyclic) bond motifs is 4. The highest BCUT2D eigenvalue weighted by Crippen LogP contribution is 2.46. The fraction of sp³-hybridized carbons (Fsp3) is 0.447. The van der Waals surface area contributed by atoms with Gasteiger partial charge in [0.1, 0.15) is 5.75 Å². The molecule has 0 aromatic heterocycles. The van der Waals surface area contributed by atoms with Gasteiger partial charge in [-0.15, -0.1) is 0 Å². The Morgan fingerprint density at radius 3 is 2.70 bits per heavy atom. The third kappa shape index (κ3) is 6.44. The Hall–Kier alpha value is -3.33. The molecule has 9 heteroatoms. The van der Waals surface area contributed by atoms with Crippen LogP contribution in [-0.4, -0.2) is 50.5 Å². The van der Waals surface area contributed by atoms with E-state index in [0.29, 0.717) is 31.9 Å². The molecule has 7 nitrogen and oxygen atoms in total. The standard InChI is InChI=1S/C38H43ClN2O5S/c1-25-7-5-11-34(42)31-15-12-29(31)22-41-23-38(18-6-10-27-20-30(39)14-16-32(27)38)24-46-35-17-13-28(21-33(35)41)37(43)40-47(44,45)36(25)19-26-8-3-2-4-9-26/h2-5,8-9,11,13-14,16-17,20-21,25,29,31,34,36,42H,6-7,10,12,15,18-19,22-24H2,1H3,(H,40,43)/b11-5-/t25-,29+,31-,34+,36+,38+/m1/s1. The van der Waals surface area contributed by atoms with E-state index in [4.69, 9.17) is 16.3 Å². The van der Waals surface area contributed by atoms with E-state index in [2.05, 4.69) is 21.8 Å². The molecule has 3 aromatic carbocycles. The van der Waals surface area contributed by atoms with Crippen molar-refractivity contribution in [2.75, 3.05) is 24.6 Å². The number of aliphatic hydroxyl groups excluding tert-OH is 1. The topological polar surface area (TPSA) is 95.9 Å². The van der Waals surface area contributed by atoms with E-state index in [1.165, 1.54) is 11.1 Å². The number of hydrogen-bond donors (Lipinski definition) is 2. The molecule has 47 heavy (non-hydrogen) atoms. The van der Waals surface area contributed by atoms with Crippen LogP contribution in [0.25, 0.3) is 0 Å². The van der Waals surface area contributed by atoms with Crippen molar-refractivity contribution >= 4 is 33.2 Å². The van der Waals surface area contributed by atoms with Gasteiger partial charge in [-0.05, 0) is 110 Å². The lowest BCUT2D eigenvalue weighted by molar-refractivity contribution is 0.0456. The van der Waals surface area contributed by atoms with Crippen molar-refractivity contribution in [2.24, 2.45) is 17.8 Å². The SMILES string of the molecule is C[C@@H]1C/C=C\[C@H](O)[C@@H]2CC[C@H]2CN2C[C@@]3(CCCc4cc(Cl)ccc43)COc3ccc(cc32)C(=O)NS(=O)(=O)[C@H]1Cc1ccccc1. The molecule has 2 heterocycles. The number of nitrogens with zero attached hydrogens (tertiary/aromatic N) is 1. The molecule has 2 aliphatic heterocycles. The first-order chi connectivity index (χ1) is 22.6. The van der Waals surface area contributed by atoms with Gasteiger partial charge in [0, 0.05) is 29.1 Å². The molecule has 1 fully saturated rings. The van der Waals surface area contributed by atoms with E-state index in [1.54, 1.807) is 18.2 Å². The van der Waals surface area contributed by atoms with Crippen molar-refractivity contribution in [3.8, 4) is 5.75 Å². The average molecular weight is 675 g/mol. The van der Waals surface area contributed by atoms with Gasteiger partial charge in [0.2, 0.25) is 10.0 Å². The summed E-state index contributed by atoms with van der Waals surface area (Å²) in [5.41, 5.74) is 4.17. The molecule has 2 N–H and O–H groups in total. The molecule has 248 valence electrons. The van der Waals surface area contributed by atoms with Crippen LogP contribution in [0.1, 0.15) is 66.1 Å². The van der Waals surface area contributed by atoms with E-state index in [9.17, 15) is 18.3 Å². The maximum absolute atomic E-state index is 13.9. The van der Waals surface area contributed by atoms with Crippen LogP contribution in [0.3, 0.4) is 0 Å². The van der Waals surface area contributed by atoms with Crippen molar-refractivity contribution in [1.82, 2.24) is 4.72 Å². The Bertz CT molecular complexity index is 1780. The van der Waals surface area contributed by atoms with Crippen molar-refractivity contribution < 1.29 is 23.1 Å². The number of aliphatic hydroxyl groups is 1. The van der Waals surface area contributed by atoms with Gasteiger partial charge < -0.3 is 14.7 Å². The van der Waals surface area contributed by atoms with Gasteiger partial charge in [0.25, 0.3) is 5.91 Å². The second-order valence-electron chi connectivity index (χ2n) is 14.1. The number of halogens is 1. The number of carbonyl (C=O) groups is 1. The highest BCUT2D eigenvalue weighted by molar-refractivity contribution is 7.90. The molecule has 2 aliphatic carbocycles. The van der Waals surface area contributed by atoms with E-state index in [1.807, 2.05) is 55.5 Å². The largest absolute Gasteiger partial charge is 0.490 e. The number of ether oxygens (including phenoxy) is 1. The number of rotatable bonds is 2. The minimum atomic E-state index is -4.07. The Balaban J connectivity index is 1.28. The summed E-state index contributed by atoms with van der Waals surface area (Å²) in [5.74, 6) is 0.102. The monoisotopic (exact) mass is 674 g/mol. The third-order valence-electron chi connectivity index (χ3n) is 11.1. The number of carbonyl (C=O) groups excluding carboxylic acids is 1. The molecule has 0 saturated heterocycles. The molecule has 6 atom stereocenters. The molecular weight excluding hydrogens is 632 g/mol. The van der Waals surface area contributed by atoms with Crippen LogP contribution in [0.5, 0.6) is 5.75 Å². The molecule has 3 aromatic rings. The summed E-state index contributed by atoms with van der Waals surface area (Å²) < 4.78 is 36.9. The van der Waals surface area contributed by atoms with Crippen LogP contribution in [0.2, 0.25) is 5.02 Å². The minimum absolute atomic E-state index is 0.103. The Morgan fingerprint density at radius 1 is 1.09 bits per heavy atom. The Labute approximate surface area is 283 Å². The van der Waals surface area contributed by atoms with E-state index in [-0.39, 0.29) is 35.2 Å². The summed E-state index contributed by atoms with van der Waals surface area (Å²) in [6.07, 6.45) is 8.78. The lowest BCUT2D eigenvalue weighted by atomic mass is 9.68. The number of allylic oxidation sites excluding steroid dienone is 1. The predicted octanol–water partition coefficient (Wildman–Crippen LogP) is 6.47. The summed E-state index contributed by atoms with van der Waals surface area (Å²) in [7, 11) is -4.07. The van der Waals surface area contributed by atoms with Crippen LogP contribution in [0.4, 0.5) is 5.69 Å². The van der Waals surface area contributed by atoms with Gasteiger partial charge in [-0.2, -0.15) is 0 Å². The van der Waals surface area contributed by atoms with Crippen LogP contribution in [0, 0.1) is 17.8 Å². The van der Waals surface area contributed by atoms with Crippen molar-refractivity contribution in [3.63, 3.8) is 0 Å². The zero-order valence-electron chi connectivity index (χ0n) is 26.8. The number of nitrogens with one attached hydrogen (secondary N) is 1. The van der Waals surface area contributed by atoms with Crippen LogP contribution in [0.15, 0.2) is 78.9 Å². The number of benzene rings is 3. The average Bonchev–Trinajstić information content (AvgIpc) is 3.18. The number of hydrogen-bond acceptors (Lipinski definition) is 6. The number of aryl methyl sites for hydroxylation is 1. The maximum atomic E-state index is 13.9. The zero-order valence-corrected chi connectivity index (χ0v) is 28.3. The van der Waals surface area contributed by atoms with Crippen LogP contribution >= 0.6 is 11.6 Å². The summed E-state index contributed by atoms with van der Waals surface area (Å²) >= 11 is 6.42. The summed E-state index contributed by atoms with van der Waals surface area (Å²) in [4.78, 5) is 16.1. The highest BCUT2D eigenvalue weighted by atomic mass is 35.5. The van der Waals surface area contributed by atoms with Gasteiger partial charge in [-0.1, -0.05) is 67.1 Å². The minimum Gasteiger partial charge on any atom is -0.490 e. The second kappa shape index (κ2) is 12.9. The lowest BCUT2D eigenvalue weighted by Gasteiger charge is -2.45. The third-order valence-corrected chi connectivity index (χ3v) is 13.2. The Morgan fingerprint density at radius 2 is 1.91 bits per heavy atom. The molecule has 1 amide bonds. The Kier molecular flexibility index (Phi) is 8.87. The summed E-state index contributed by atoms with van der Waals surface area (Å²) in [6.45, 7) is 3.77. The van der Waals surface area contributed by atoms with Crippen LogP contribution < -0.4 is 14.4 Å². The second-order valence-corrected chi connectivity index (χ2v) is 16.5. The fourth-order valence-electron chi connectivity index (χ4n) is 8.26. The first kappa shape index (κ1) is 32.2. The van der Waals surface area contributed by atoms with Gasteiger partial charge >= 0.3 is 0 Å².